The minimum absolute atomic E-state index is 0.182. The van der Waals surface area contributed by atoms with Gasteiger partial charge in [-0.1, -0.05) is 67.2 Å². The van der Waals surface area contributed by atoms with Crippen LogP contribution in [0, 0.1) is 0 Å². The highest BCUT2D eigenvalue weighted by atomic mass is 32.2. The number of aryl methyl sites for hydroxylation is 1. The molecule has 1 fully saturated rings. The molecular formula is C26H30NO6S+. The summed E-state index contributed by atoms with van der Waals surface area (Å²) in [4.78, 5) is 51.8. The number of quaternary nitrogens is 1. The summed E-state index contributed by atoms with van der Waals surface area (Å²) in [5.74, 6) is -1.13. The molecule has 0 radical (unpaired) electrons. The number of hydrogen-bond donors (Lipinski definition) is 1. The van der Waals surface area contributed by atoms with Crippen molar-refractivity contribution in [3.05, 3.63) is 71.3 Å². The monoisotopic (exact) mass is 484 g/mol. The number of nitrogens with zero attached hydrogens (tertiary/aromatic N) is 1. The highest BCUT2D eigenvalue weighted by Crippen LogP contribution is 2.39. The maximum atomic E-state index is 13.7. The van der Waals surface area contributed by atoms with Crippen LogP contribution in [0.3, 0.4) is 0 Å². The molecule has 0 unspecified atom stereocenters. The number of carbonyl (C=O) groups is 4. The molecule has 1 heterocycles. The highest BCUT2D eigenvalue weighted by molar-refractivity contribution is 8.15. The summed E-state index contributed by atoms with van der Waals surface area (Å²) >= 11 is 0.810. The first-order chi connectivity index (χ1) is 16.0. The highest BCUT2D eigenvalue weighted by Gasteiger charge is 2.61. The zero-order valence-electron chi connectivity index (χ0n) is 19.8. The molecule has 1 saturated heterocycles. The quantitative estimate of drug-likeness (QED) is 0.458. The number of esters is 1. The fourth-order valence-corrected chi connectivity index (χ4v) is 5.46. The summed E-state index contributed by atoms with van der Waals surface area (Å²) in [6.45, 7) is 6.55. The van der Waals surface area contributed by atoms with E-state index in [2.05, 4.69) is 0 Å². The van der Waals surface area contributed by atoms with Crippen LogP contribution in [0.5, 0.6) is 0 Å². The largest absolute Gasteiger partial charge is 0.521 e. The molecule has 7 nitrogen and oxygen atoms in total. The zero-order chi connectivity index (χ0) is 25.1. The minimum Gasteiger partial charge on any atom is -0.452 e. The van der Waals surface area contributed by atoms with Gasteiger partial charge in [0.25, 0.3) is 0 Å². The fourth-order valence-electron chi connectivity index (χ4n) is 4.49. The number of thioether (sulfide) groups is 1. The summed E-state index contributed by atoms with van der Waals surface area (Å²) in [6, 6.07) is 15.0. The maximum absolute atomic E-state index is 13.7. The normalized spacial score (nSPS) is 22.2. The summed E-state index contributed by atoms with van der Waals surface area (Å²) in [6.07, 6.45) is -1.17. The molecule has 2 aromatic carbocycles. The van der Waals surface area contributed by atoms with Crippen LogP contribution in [0.2, 0.25) is 0 Å². The lowest BCUT2D eigenvalue weighted by atomic mass is 10.1. The molecule has 1 aliphatic rings. The average molecular weight is 485 g/mol. The van der Waals surface area contributed by atoms with E-state index in [0.29, 0.717) is 17.5 Å². The molecule has 0 saturated carbocycles. The summed E-state index contributed by atoms with van der Waals surface area (Å²) in [7, 11) is 0. The van der Waals surface area contributed by atoms with E-state index in [1.165, 1.54) is 0 Å². The first-order valence-electron chi connectivity index (χ1n) is 11.3. The smallest absolute Gasteiger partial charge is 0.452 e. The van der Waals surface area contributed by atoms with Crippen molar-refractivity contribution in [2.45, 2.75) is 57.4 Å². The molecule has 2 aromatic rings. The van der Waals surface area contributed by atoms with E-state index < -0.39 is 39.3 Å². The number of rotatable bonds is 6. The third-order valence-corrected chi connectivity index (χ3v) is 7.42. The van der Waals surface area contributed by atoms with Gasteiger partial charge in [-0.2, -0.15) is 9.28 Å². The van der Waals surface area contributed by atoms with Crippen molar-refractivity contribution in [1.82, 2.24) is 0 Å². The SMILES string of the molecule is CCc1ccccc1C(=O)O[C@H]1C[C@@H](C)[N@@+](C(=O)O)(C(=O)C(C)(C)SC(=O)c2ccccc2)C1. The number of benzene rings is 2. The van der Waals surface area contributed by atoms with Gasteiger partial charge in [-0.05, 0) is 38.8 Å². The molecule has 0 aliphatic carbocycles. The molecule has 3 atom stereocenters. The molecule has 0 aromatic heterocycles. The Balaban J connectivity index is 1.82. The fraction of sp³-hybridized carbons (Fsp3) is 0.385. The lowest BCUT2D eigenvalue weighted by Gasteiger charge is -2.35. The van der Waals surface area contributed by atoms with Crippen LogP contribution in [0.25, 0.3) is 0 Å². The molecule has 1 aliphatic heterocycles. The Morgan fingerprint density at radius 1 is 1.06 bits per heavy atom. The maximum Gasteiger partial charge on any atom is 0.521 e. The lowest BCUT2D eigenvalue weighted by Crippen LogP contribution is -2.64. The van der Waals surface area contributed by atoms with Crippen molar-refractivity contribution in [3.63, 3.8) is 0 Å². The van der Waals surface area contributed by atoms with Crippen LogP contribution in [-0.4, -0.2) is 56.1 Å². The molecule has 0 spiro atoms. The number of carboxylic acid groups (broad SMARTS) is 1. The Hall–Kier alpha value is -2.97. The van der Waals surface area contributed by atoms with Gasteiger partial charge in [0.15, 0.2) is 6.10 Å². The molecule has 8 heteroatoms. The Bertz CT molecular complexity index is 1100. The van der Waals surface area contributed by atoms with Crippen molar-refractivity contribution in [3.8, 4) is 0 Å². The molecule has 0 bridgehead atoms. The van der Waals surface area contributed by atoms with Gasteiger partial charge in [-0.3, -0.25) is 4.79 Å². The van der Waals surface area contributed by atoms with Gasteiger partial charge in [-0.15, -0.1) is 0 Å². The predicted molar refractivity (Wildman–Crippen MR) is 130 cm³/mol. The average Bonchev–Trinajstić information content (AvgIpc) is 3.15. The van der Waals surface area contributed by atoms with Crippen LogP contribution >= 0.6 is 11.8 Å². The Morgan fingerprint density at radius 2 is 1.68 bits per heavy atom. The van der Waals surface area contributed by atoms with E-state index in [-0.39, 0.29) is 18.1 Å². The second-order valence-electron chi connectivity index (χ2n) is 9.03. The van der Waals surface area contributed by atoms with Gasteiger partial charge in [0.1, 0.15) is 17.3 Å². The standard InChI is InChI=1S/C26H29NO6S/c1-5-18-11-9-10-14-21(18)22(28)33-20-15-17(2)27(16-20,25(31)32)24(30)26(3,4)34-23(29)19-12-7-6-8-13-19/h6-14,17,20H,5,15-16H2,1-4H3/p+1/t17-,20+,27-/m1/s1. The second kappa shape index (κ2) is 10.1. The van der Waals surface area contributed by atoms with Crippen LogP contribution < -0.4 is 0 Å². The summed E-state index contributed by atoms with van der Waals surface area (Å²) in [5.41, 5.74) is 1.71. The van der Waals surface area contributed by atoms with Gasteiger partial charge in [0.2, 0.25) is 5.12 Å². The Labute approximate surface area is 203 Å². The van der Waals surface area contributed by atoms with E-state index >= 15 is 0 Å². The van der Waals surface area contributed by atoms with Gasteiger partial charge in [-0.25, -0.2) is 9.59 Å². The van der Waals surface area contributed by atoms with E-state index in [0.717, 1.165) is 17.3 Å². The van der Waals surface area contributed by atoms with Crippen LogP contribution in [0.1, 0.15) is 60.4 Å². The van der Waals surface area contributed by atoms with Crippen LogP contribution in [0.15, 0.2) is 54.6 Å². The summed E-state index contributed by atoms with van der Waals surface area (Å²) < 4.78 is 3.48. The van der Waals surface area contributed by atoms with Gasteiger partial charge in [0, 0.05) is 12.0 Å². The van der Waals surface area contributed by atoms with Crippen molar-refractivity contribution >= 4 is 34.8 Å². The number of amides is 2. The molecule has 34 heavy (non-hydrogen) atoms. The third kappa shape index (κ3) is 4.93. The molecule has 1 N–H and O–H groups in total. The van der Waals surface area contributed by atoms with Gasteiger partial charge >= 0.3 is 18.0 Å². The first-order valence-corrected chi connectivity index (χ1v) is 12.1. The second-order valence-corrected chi connectivity index (χ2v) is 10.6. The number of imide groups is 1. The Kier molecular flexibility index (Phi) is 7.63. The van der Waals surface area contributed by atoms with Gasteiger partial charge in [0.05, 0.1) is 5.56 Å². The topological polar surface area (TPSA) is 97.7 Å². The third-order valence-electron chi connectivity index (χ3n) is 6.32. The van der Waals surface area contributed by atoms with E-state index in [1.807, 2.05) is 19.1 Å². The minimum atomic E-state index is -1.31. The lowest BCUT2D eigenvalue weighted by molar-refractivity contribution is -0.794. The van der Waals surface area contributed by atoms with E-state index in [4.69, 9.17) is 4.74 Å². The molecular weight excluding hydrogens is 454 g/mol. The summed E-state index contributed by atoms with van der Waals surface area (Å²) in [5, 5.41) is 9.88. The predicted octanol–water partition coefficient (Wildman–Crippen LogP) is 4.94. The van der Waals surface area contributed by atoms with E-state index in [9.17, 15) is 24.3 Å². The number of likely N-dealkylation sites (tertiary alicyclic amines) is 1. The van der Waals surface area contributed by atoms with Crippen molar-refractivity contribution < 1.29 is 33.5 Å². The zero-order valence-corrected chi connectivity index (χ0v) is 20.6. The van der Waals surface area contributed by atoms with Crippen molar-refractivity contribution in [1.29, 1.82) is 0 Å². The van der Waals surface area contributed by atoms with Crippen LogP contribution in [-0.2, 0) is 16.0 Å². The molecule has 2 amide bonds. The Morgan fingerprint density at radius 3 is 2.29 bits per heavy atom. The van der Waals surface area contributed by atoms with E-state index in [1.54, 1.807) is 63.2 Å². The van der Waals surface area contributed by atoms with Gasteiger partial charge < -0.3 is 9.84 Å². The van der Waals surface area contributed by atoms with Crippen molar-refractivity contribution in [2.24, 2.45) is 0 Å². The molecule has 3 rings (SSSR count). The number of hydrogen-bond acceptors (Lipinski definition) is 6. The first kappa shape index (κ1) is 25.6. The number of carbonyl (C=O) groups excluding carboxylic acids is 3. The van der Waals surface area contributed by atoms with Crippen molar-refractivity contribution in [2.75, 3.05) is 6.54 Å². The van der Waals surface area contributed by atoms with Crippen LogP contribution in [0.4, 0.5) is 4.79 Å². The number of ether oxygens (including phenoxy) is 1. The molecule has 180 valence electrons.